The van der Waals surface area contributed by atoms with Gasteiger partial charge in [-0.25, -0.2) is 4.68 Å². The van der Waals surface area contributed by atoms with Gasteiger partial charge in [0.05, 0.1) is 22.3 Å². The van der Waals surface area contributed by atoms with E-state index in [9.17, 15) is 14.7 Å². The molecule has 1 fully saturated rings. The maximum Gasteiger partial charge on any atom is 0.311 e. The Morgan fingerprint density at radius 3 is 2.66 bits per heavy atom. The average Bonchev–Trinajstić information content (AvgIpc) is 3.32. The minimum absolute atomic E-state index is 0.0728. The van der Waals surface area contributed by atoms with Crippen molar-refractivity contribution >= 4 is 22.8 Å². The maximum absolute atomic E-state index is 13.1. The number of carbonyl (C=O) groups excluding carboxylic acids is 1. The molecule has 1 aromatic carbocycles. The zero-order valence-electron chi connectivity index (χ0n) is 16.7. The number of benzene rings is 1. The number of hydrogen-bond acceptors (Lipinski definition) is 5. The van der Waals surface area contributed by atoms with Gasteiger partial charge in [0.2, 0.25) is 0 Å². The van der Waals surface area contributed by atoms with Crippen molar-refractivity contribution in [2.75, 3.05) is 13.1 Å². The molecule has 4 rings (SSSR count). The number of amides is 1. The Morgan fingerprint density at radius 1 is 1.21 bits per heavy atom. The molecule has 3 aromatic rings. The molecule has 0 spiro atoms. The number of nitrogens with zero attached hydrogens (tertiary/aromatic N) is 5. The number of para-hydroxylation sites is 1. The van der Waals surface area contributed by atoms with E-state index in [1.165, 1.54) is 0 Å². The van der Waals surface area contributed by atoms with Crippen LogP contribution in [-0.4, -0.2) is 55.0 Å². The third-order valence-electron chi connectivity index (χ3n) is 6.06. The van der Waals surface area contributed by atoms with Crippen LogP contribution in [0.15, 0.2) is 36.5 Å². The largest absolute Gasteiger partial charge is 0.481 e. The second kappa shape index (κ2) is 6.95. The highest BCUT2D eigenvalue weighted by atomic mass is 16.4. The van der Waals surface area contributed by atoms with E-state index in [-0.39, 0.29) is 24.1 Å². The van der Waals surface area contributed by atoms with Crippen molar-refractivity contribution < 1.29 is 14.7 Å². The molecule has 3 heterocycles. The van der Waals surface area contributed by atoms with Crippen molar-refractivity contribution in [3.8, 4) is 5.69 Å². The lowest BCUT2D eigenvalue weighted by atomic mass is 9.76. The van der Waals surface area contributed by atoms with Gasteiger partial charge in [-0.3, -0.25) is 14.6 Å². The first-order valence-corrected chi connectivity index (χ1v) is 9.64. The van der Waals surface area contributed by atoms with Gasteiger partial charge in [-0.2, -0.15) is 0 Å². The Morgan fingerprint density at radius 2 is 1.97 bits per heavy atom. The third kappa shape index (κ3) is 2.95. The first-order chi connectivity index (χ1) is 13.8. The fourth-order valence-corrected chi connectivity index (χ4v) is 4.06. The smallest absolute Gasteiger partial charge is 0.311 e. The maximum atomic E-state index is 13.1. The zero-order valence-corrected chi connectivity index (χ0v) is 16.7. The SMILES string of the molecule is Cc1c(C(=O)N2CCC(C(=O)O)(C(C)C)C2)nnn1-c1cccc2cccnc12. The van der Waals surface area contributed by atoms with Crippen LogP contribution in [-0.2, 0) is 4.79 Å². The molecule has 1 amide bonds. The molecule has 0 aliphatic carbocycles. The fraction of sp³-hybridized carbons (Fsp3) is 0.381. The van der Waals surface area contributed by atoms with Crippen LogP contribution >= 0.6 is 0 Å². The first-order valence-electron chi connectivity index (χ1n) is 9.64. The second-order valence-corrected chi connectivity index (χ2v) is 7.88. The van der Waals surface area contributed by atoms with Crippen molar-refractivity contribution in [2.45, 2.75) is 27.2 Å². The van der Waals surface area contributed by atoms with Gasteiger partial charge in [0.25, 0.3) is 5.91 Å². The summed E-state index contributed by atoms with van der Waals surface area (Å²) >= 11 is 0. The van der Waals surface area contributed by atoms with E-state index in [1.807, 2.05) is 44.2 Å². The summed E-state index contributed by atoms with van der Waals surface area (Å²) < 4.78 is 1.62. The Balaban J connectivity index is 1.67. The van der Waals surface area contributed by atoms with Crippen LogP contribution in [0.5, 0.6) is 0 Å². The topological polar surface area (TPSA) is 101 Å². The van der Waals surface area contributed by atoms with Gasteiger partial charge in [-0.1, -0.05) is 37.3 Å². The Labute approximate surface area is 168 Å². The summed E-state index contributed by atoms with van der Waals surface area (Å²) in [5, 5.41) is 19.0. The van der Waals surface area contributed by atoms with E-state index in [4.69, 9.17) is 0 Å². The molecule has 1 saturated heterocycles. The number of carboxylic acids is 1. The Bertz CT molecular complexity index is 1100. The highest BCUT2D eigenvalue weighted by Gasteiger charge is 2.49. The molecule has 29 heavy (non-hydrogen) atoms. The van der Waals surface area contributed by atoms with Gasteiger partial charge in [0, 0.05) is 24.7 Å². The van der Waals surface area contributed by atoms with Crippen LogP contribution in [0.2, 0.25) is 0 Å². The third-order valence-corrected chi connectivity index (χ3v) is 6.06. The summed E-state index contributed by atoms with van der Waals surface area (Å²) in [4.78, 5) is 31.0. The zero-order chi connectivity index (χ0) is 20.8. The summed E-state index contributed by atoms with van der Waals surface area (Å²) in [6.45, 7) is 6.14. The van der Waals surface area contributed by atoms with Crippen molar-refractivity contribution in [1.82, 2.24) is 24.9 Å². The molecule has 1 N–H and O–H groups in total. The van der Waals surface area contributed by atoms with E-state index in [2.05, 4.69) is 15.3 Å². The lowest BCUT2D eigenvalue weighted by molar-refractivity contribution is -0.150. The molecule has 1 aliphatic rings. The summed E-state index contributed by atoms with van der Waals surface area (Å²) in [6, 6.07) is 9.59. The van der Waals surface area contributed by atoms with Crippen LogP contribution in [0.3, 0.4) is 0 Å². The predicted molar refractivity (Wildman–Crippen MR) is 107 cm³/mol. The van der Waals surface area contributed by atoms with Crippen LogP contribution in [0.4, 0.5) is 0 Å². The predicted octanol–water partition coefficient (Wildman–Crippen LogP) is 2.70. The standard InChI is InChI=1S/C21H23N5O3/c1-13(2)21(20(28)29)9-11-25(12-21)19(27)17-14(3)26(24-23-17)16-8-4-6-15-7-5-10-22-18(15)16/h4-8,10,13H,9,11-12H2,1-3H3,(H,28,29). The van der Waals surface area contributed by atoms with Crippen molar-refractivity contribution in [1.29, 1.82) is 0 Å². The number of pyridine rings is 1. The van der Waals surface area contributed by atoms with E-state index in [0.717, 1.165) is 16.6 Å². The summed E-state index contributed by atoms with van der Waals surface area (Å²) in [7, 11) is 0. The molecule has 8 heteroatoms. The molecule has 0 bridgehead atoms. The normalized spacial score (nSPS) is 19.2. The number of hydrogen-bond donors (Lipinski definition) is 1. The summed E-state index contributed by atoms with van der Waals surface area (Å²) in [5.74, 6) is -1.22. The first kappa shape index (κ1) is 19.0. The minimum atomic E-state index is -0.918. The van der Waals surface area contributed by atoms with Crippen LogP contribution in [0, 0.1) is 18.3 Å². The Kier molecular flexibility index (Phi) is 4.56. The lowest BCUT2D eigenvalue weighted by Gasteiger charge is -2.28. The molecular formula is C21H23N5O3. The minimum Gasteiger partial charge on any atom is -0.481 e. The van der Waals surface area contributed by atoms with E-state index >= 15 is 0 Å². The number of carboxylic acid groups (broad SMARTS) is 1. The molecule has 1 aliphatic heterocycles. The molecule has 1 atom stereocenters. The lowest BCUT2D eigenvalue weighted by Crippen LogP contribution is -2.40. The summed E-state index contributed by atoms with van der Waals surface area (Å²) in [5.41, 5.74) is 1.44. The van der Waals surface area contributed by atoms with Crippen molar-refractivity contribution in [3.05, 3.63) is 47.9 Å². The van der Waals surface area contributed by atoms with Gasteiger partial charge >= 0.3 is 5.97 Å². The quantitative estimate of drug-likeness (QED) is 0.731. The second-order valence-electron chi connectivity index (χ2n) is 7.88. The van der Waals surface area contributed by atoms with E-state index in [1.54, 1.807) is 22.7 Å². The van der Waals surface area contributed by atoms with Crippen LogP contribution in [0.25, 0.3) is 16.6 Å². The number of aromatic nitrogens is 4. The number of aliphatic carboxylic acids is 1. The molecule has 0 radical (unpaired) electrons. The number of rotatable bonds is 4. The van der Waals surface area contributed by atoms with Crippen LogP contribution in [0.1, 0.15) is 36.5 Å². The molecule has 0 saturated carbocycles. The highest BCUT2D eigenvalue weighted by Crippen LogP contribution is 2.38. The molecule has 2 aromatic heterocycles. The van der Waals surface area contributed by atoms with Gasteiger partial charge < -0.3 is 10.0 Å². The van der Waals surface area contributed by atoms with Gasteiger partial charge in [0.15, 0.2) is 5.69 Å². The van der Waals surface area contributed by atoms with Crippen molar-refractivity contribution in [2.24, 2.45) is 11.3 Å². The number of likely N-dealkylation sites (tertiary alicyclic amines) is 1. The monoisotopic (exact) mass is 393 g/mol. The van der Waals surface area contributed by atoms with Gasteiger partial charge in [-0.05, 0) is 31.4 Å². The van der Waals surface area contributed by atoms with Crippen LogP contribution < -0.4 is 0 Å². The van der Waals surface area contributed by atoms with Gasteiger partial charge in [-0.15, -0.1) is 5.10 Å². The van der Waals surface area contributed by atoms with E-state index in [0.29, 0.717) is 18.7 Å². The highest BCUT2D eigenvalue weighted by molar-refractivity contribution is 5.94. The summed E-state index contributed by atoms with van der Waals surface area (Å²) in [6.07, 6.45) is 2.15. The number of fused-ring (bicyclic) bond motifs is 1. The fourth-order valence-electron chi connectivity index (χ4n) is 4.06. The Hall–Kier alpha value is -3.29. The molecule has 8 nitrogen and oxygen atoms in total. The van der Waals surface area contributed by atoms with Crippen molar-refractivity contribution in [3.63, 3.8) is 0 Å². The van der Waals surface area contributed by atoms with E-state index < -0.39 is 11.4 Å². The number of carbonyl (C=O) groups is 2. The molecular weight excluding hydrogens is 370 g/mol. The molecule has 150 valence electrons. The van der Waals surface area contributed by atoms with Gasteiger partial charge in [0.1, 0.15) is 0 Å². The average molecular weight is 393 g/mol. The molecule has 1 unspecified atom stereocenters.